The molecule has 0 bridgehead atoms. The van der Waals surface area contributed by atoms with Crippen LogP contribution in [0.5, 0.6) is 11.5 Å². The number of hydrazone groups is 1. The van der Waals surface area contributed by atoms with Crippen LogP contribution in [-0.2, 0) is 6.18 Å². The van der Waals surface area contributed by atoms with Crippen molar-refractivity contribution in [1.82, 2.24) is 0 Å². The second-order valence-corrected chi connectivity index (χ2v) is 5.10. The van der Waals surface area contributed by atoms with Crippen LogP contribution in [0.4, 0.5) is 18.9 Å². The molecule has 0 spiro atoms. The molecule has 128 valence electrons. The first kappa shape index (κ1) is 17.9. The quantitative estimate of drug-likeness (QED) is 0.590. The highest BCUT2D eigenvalue weighted by Crippen LogP contribution is 2.34. The summed E-state index contributed by atoms with van der Waals surface area (Å²) in [5.74, 6) is 0.179. The Morgan fingerprint density at radius 1 is 1.29 bits per heavy atom. The van der Waals surface area contributed by atoms with Crippen molar-refractivity contribution < 1.29 is 23.0 Å². The summed E-state index contributed by atoms with van der Waals surface area (Å²) < 4.78 is 43.3. The molecule has 0 radical (unpaired) electrons. The predicted octanol–water partition coefficient (Wildman–Crippen LogP) is 4.91. The van der Waals surface area contributed by atoms with Gasteiger partial charge in [-0.1, -0.05) is 17.7 Å². The SMILES string of the molecule is CCOc1cccc(C=NNc2cc(C(F)(F)F)ccc2Cl)c1O. The van der Waals surface area contributed by atoms with Crippen LogP contribution in [0.3, 0.4) is 0 Å². The molecule has 0 saturated heterocycles. The third kappa shape index (κ3) is 4.32. The van der Waals surface area contributed by atoms with Gasteiger partial charge in [0.25, 0.3) is 0 Å². The van der Waals surface area contributed by atoms with Crippen molar-refractivity contribution in [2.45, 2.75) is 13.1 Å². The lowest BCUT2D eigenvalue weighted by atomic mass is 10.2. The van der Waals surface area contributed by atoms with Gasteiger partial charge in [0.1, 0.15) is 0 Å². The Bertz CT molecular complexity index is 749. The summed E-state index contributed by atoms with van der Waals surface area (Å²) in [5, 5.41) is 13.9. The van der Waals surface area contributed by atoms with Gasteiger partial charge in [-0.05, 0) is 37.3 Å². The normalized spacial score (nSPS) is 11.7. The molecular weight excluding hydrogens is 345 g/mol. The van der Waals surface area contributed by atoms with Crippen molar-refractivity contribution in [2.75, 3.05) is 12.0 Å². The first-order valence-electron chi connectivity index (χ1n) is 6.93. The van der Waals surface area contributed by atoms with Gasteiger partial charge in [-0.2, -0.15) is 18.3 Å². The third-order valence-electron chi connectivity index (χ3n) is 3.01. The summed E-state index contributed by atoms with van der Waals surface area (Å²) in [5.41, 5.74) is 1.94. The van der Waals surface area contributed by atoms with E-state index >= 15 is 0 Å². The van der Waals surface area contributed by atoms with Gasteiger partial charge in [-0.3, -0.25) is 5.43 Å². The molecule has 0 saturated carbocycles. The zero-order valence-corrected chi connectivity index (χ0v) is 13.3. The van der Waals surface area contributed by atoms with E-state index in [4.69, 9.17) is 16.3 Å². The molecule has 0 aromatic heterocycles. The summed E-state index contributed by atoms with van der Waals surface area (Å²) in [6.45, 7) is 2.16. The molecule has 0 amide bonds. The van der Waals surface area contributed by atoms with Gasteiger partial charge in [0.2, 0.25) is 0 Å². The number of phenolic OH excluding ortho intramolecular Hbond substituents is 1. The molecular formula is C16H14ClF3N2O2. The van der Waals surface area contributed by atoms with E-state index in [1.807, 2.05) is 0 Å². The monoisotopic (exact) mass is 358 g/mol. The van der Waals surface area contributed by atoms with E-state index in [0.29, 0.717) is 17.9 Å². The van der Waals surface area contributed by atoms with E-state index in [2.05, 4.69) is 10.5 Å². The Morgan fingerprint density at radius 2 is 2.04 bits per heavy atom. The third-order valence-corrected chi connectivity index (χ3v) is 3.34. The van der Waals surface area contributed by atoms with Crippen LogP contribution in [-0.4, -0.2) is 17.9 Å². The highest BCUT2D eigenvalue weighted by molar-refractivity contribution is 6.33. The van der Waals surface area contributed by atoms with Gasteiger partial charge in [-0.15, -0.1) is 0 Å². The van der Waals surface area contributed by atoms with Crippen LogP contribution in [0.2, 0.25) is 5.02 Å². The van der Waals surface area contributed by atoms with Gasteiger partial charge < -0.3 is 9.84 Å². The first-order valence-corrected chi connectivity index (χ1v) is 7.31. The van der Waals surface area contributed by atoms with Gasteiger partial charge in [0.15, 0.2) is 11.5 Å². The van der Waals surface area contributed by atoms with Crippen LogP contribution in [0.1, 0.15) is 18.1 Å². The number of nitrogens with one attached hydrogen (secondary N) is 1. The van der Waals surface area contributed by atoms with Crippen molar-refractivity contribution in [3.05, 3.63) is 52.5 Å². The lowest BCUT2D eigenvalue weighted by Crippen LogP contribution is -2.05. The summed E-state index contributed by atoms with van der Waals surface area (Å²) in [4.78, 5) is 0. The van der Waals surface area contributed by atoms with Gasteiger partial charge in [-0.25, -0.2) is 0 Å². The number of ether oxygens (including phenoxy) is 1. The fourth-order valence-corrected chi connectivity index (χ4v) is 2.03. The minimum atomic E-state index is -4.48. The van der Waals surface area contributed by atoms with Crippen molar-refractivity contribution in [1.29, 1.82) is 0 Å². The second-order valence-electron chi connectivity index (χ2n) is 4.69. The molecule has 4 nitrogen and oxygen atoms in total. The molecule has 0 fully saturated rings. The molecule has 2 aromatic carbocycles. The zero-order chi connectivity index (χ0) is 17.7. The van der Waals surface area contributed by atoms with Crippen molar-refractivity contribution in [3.8, 4) is 11.5 Å². The van der Waals surface area contributed by atoms with Crippen LogP contribution in [0.25, 0.3) is 0 Å². The maximum atomic E-state index is 12.7. The number of para-hydroxylation sites is 1. The number of nitrogens with zero attached hydrogens (tertiary/aromatic N) is 1. The minimum Gasteiger partial charge on any atom is -0.504 e. The molecule has 2 rings (SSSR count). The molecule has 2 N–H and O–H groups in total. The Morgan fingerprint density at radius 3 is 2.71 bits per heavy atom. The number of aromatic hydroxyl groups is 1. The highest BCUT2D eigenvalue weighted by atomic mass is 35.5. The minimum absolute atomic E-state index is 0.00296. The number of hydrogen-bond acceptors (Lipinski definition) is 4. The highest BCUT2D eigenvalue weighted by Gasteiger charge is 2.30. The Hall–Kier alpha value is -2.41. The molecule has 0 aliphatic rings. The maximum Gasteiger partial charge on any atom is 0.416 e. The standard InChI is InChI=1S/C16H14ClF3N2O2/c1-2-24-14-5-3-4-10(15(14)23)9-21-22-13-8-11(16(18,19)20)6-7-12(13)17/h3-9,22-23H,2H2,1H3. The topological polar surface area (TPSA) is 53.8 Å². The summed E-state index contributed by atoms with van der Waals surface area (Å²) >= 11 is 5.85. The smallest absolute Gasteiger partial charge is 0.416 e. The van der Waals surface area contributed by atoms with E-state index in [9.17, 15) is 18.3 Å². The fourth-order valence-electron chi connectivity index (χ4n) is 1.87. The average Bonchev–Trinajstić information content (AvgIpc) is 2.51. The molecule has 0 unspecified atom stereocenters. The summed E-state index contributed by atoms with van der Waals surface area (Å²) in [6.07, 6.45) is -3.22. The van der Waals surface area contributed by atoms with Crippen LogP contribution in [0, 0.1) is 0 Å². The number of rotatable bonds is 5. The van der Waals surface area contributed by atoms with Crippen LogP contribution >= 0.6 is 11.6 Å². The number of benzene rings is 2. The average molecular weight is 359 g/mol. The van der Waals surface area contributed by atoms with Gasteiger partial charge >= 0.3 is 6.18 Å². The largest absolute Gasteiger partial charge is 0.504 e. The number of alkyl halides is 3. The van der Waals surface area contributed by atoms with Gasteiger partial charge in [0.05, 0.1) is 29.1 Å². The lowest BCUT2D eigenvalue weighted by molar-refractivity contribution is -0.137. The van der Waals surface area contributed by atoms with E-state index in [1.165, 1.54) is 6.21 Å². The predicted molar refractivity (Wildman–Crippen MR) is 86.9 cm³/mol. The zero-order valence-electron chi connectivity index (χ0n) is 12.6. The molecule has 0 aliphatic carbocycles. The number of hydrogen-bond donors (Lipinski definition) is 2. The molecule has 2 aromatic rings. The van der Waals surface area contributed by atoms with Gasteiger partial charge in [0, 0.05) is 5.56 Å². The molecule has 0 heterocycles. The van der Waals surface area contributed by atoms with Crippen molar-refractivity contribution in [3.63, 3.8) is 0 Å². The Labute approximate surface area is 141 Å². The Balaban J connectivity index is 2.19. The molecule has 0 atom stereocenters. The summed E-state index contributed by atoms with van der Waals surface area (Å²) in [6, 6.07) is 7.70. The van der Waals surface area contributed by atoms with E-state index < -0.39 is 11.7 Å². The number of phenols is 1. The number of anilines is 1. The number of halogens is 4. The van der Waals surface area contributed by atoms with Crippen LogP contribution < -0.4 is 10.2 Å². The maximum absolute atomic E-state index is 12.7. The first-order chi connectivity index (χ1) is 11.3. The molecule has 8 heteroatoms. The lowest BCUT2D eigenvalue weighted by Gasteiger charge is -2.10. The van der Waals surface area contributed by atoms with Crippen LogP contribution in [0.15, 0.2) is 41.5 Å². The molecule has 0 aliphatic heterocycles. The summed E-state index contributed by atoms with van der Waals surface area (Å²) in [7, 11) is 0. The van der Waals surface area contributed by atoms with Crippen molar-refractivity contribution >= 4 is 23.5 Å². The van der Waals surface area contributed by atoms with E-state index in [1.54, 1.807) is 25.1 Å². The fraction of sp³-hybridized carbons (Fsp3) is 0.188. The molecule has 24 heavy (non-hydrogen) atoms. The van der Waals surface area contributed by atoms with Crippen molar-refractivity contribution in [2.24, 2.45) is 5.10 Å². The second kappa shape index (κ2) is 7.44. The Kier molecular flexibility index (Phi) is 5.56. The van der Waals surface area contributed by atoms with E-state index in [0.717, 1.165) is 18.2 Å². The van der Waals surface area contributed by atoms with E-state index in [-0.39, 0.29) is 16.5 Å².